The Labute approximate surface area is 178 Å². The van der Waals surface area contributed by atoms with Crippen molar-refractivity contribution < 1.29 is 9.53 Å². The number of benzene rings is 1. The van der Waals surface area contributed by atoms with Crippen LogP contribution in [0.4, 0.5) is 5.82 Å². The van der Waals surface area contributed by atoms with Crippen molar-refractivity contribution in [2.45, 2.75) is 33.2 Å². The molecule has 0 radical (unpaired) electrons. The van der Waals surface area contributed by atoms with Crippen LogP contribution in [-0.2, 0) is 16.1 Å². The molecule has 1 N–H and O–H groups in total. The number of ether oxygens (including phenoxy) is 1. The summed E-state index contributed by atoms with van der Waals surface area (Å²) >= 11 is 0. The van der Waals surface area contributed by atoms with Crippen LogP contribution in [0.2, 0.25) is 0 Å². The first-order chi connectivity index (χ1) is 14.5. The summed E-state index contributed by atoms with van der Waals surface area (Å²) in [4.78, 5) is 14.9. The van der Waals surface area contributed by atoms with Crippen LogP contribution in [0, 0.1) is 25.2 Å². The molecule has 1 aliphatic rings. The number of anilines is 1. The Bertz CT molecular complexity index is 954. The molecule has 0 bridgehead atoms. The molecule has 0 aliphatic carbocycles. The van der Waals surface area contributed by atoms with Crippen molar-refractivity contribution in [3.8, 4) is 6.07 Å². The van der Waals surface area contributed by atoms with Gasteiger partial charge in [0.2, 0.25) is 5.91 Å². The number of hydrogen-bond donors (Lipinski definition) is 1. The lowest BCUT2D eigenvalue weighted by Crippen LogP contribution is -2.36. The van der Waals surface area contributed by atoms with E-state index in [0.717, 1.165) is 37.2 Å². The molecule has 0 saturated heterocycles. The van der Waals surface area contributed by atoms with Gasteiger partial charge in [0.05, 0.1) is 12.1 Å². The summed E-state index contributed by atoms with van der Waals surface area (Å²) in [5.74, 6) is 0.514. The minimum atomic E-state index is -0.0893. The van der Waals surface area contributed by atoms with Crippen LogP contribution in [0.1, 0.15) is 35.2 Å². The number of carbonyl (C=O) groups is 1. The fraction of sp³-hybridized carbons (Fsp3) is 0.417. The van der Waals surface area contributed by atoms with Crippen LogP contribution in [0.5, 0.6) is 0 Å². The Morgan fingerprint density at radius 3 is 2.67 bits per heavy atom. The first kappa shape index (κ1) is 21.8. The van der Waals surface area contributed by atoms with Gasteiger partial charge in [-0.05, 0) is 43.4 Å². The molecular formula is C24H30N4O2. The second-order valence-electron chi connectivity index (χ2n) is 7.67. The van der Waals surface area contributed by atoms with E-state index in [4.69, 9.17) is 4.74 Å². The minimum absolute atomic E-state index is 0.0893. The van der Waals surface area contributed by atoms with Crippen molar-refractivity contribution in [2.24, 2.45) is 0 Å². The monoisotopic (exact) mass is 406 g/mol. The van der Waals surface area contributed by atoms with E-state index in [1.165, 1.54) is 11.1 Å². The molecule has 0 fully saturated rings. The van der Waals surface area contributed by atoms with Gasteiger partial charge in [-0.25, -0.2) is 0 Å². The lowest BCUT2D eigenvalue weighted by atomic mass is 10.00. The number of rotatable bonds is 8. The molecule has 30 heavy (non-hydrogen) atoms. The van der Waals surface area contributed by atoms with Crippen LogP contribution in [0.3, 0.4) is 0 Å². The van der Waals surface area contributed by atoms with Gasteiger partial charge >= 0.3 is 0 Å². The van der Waals surface area contributed by atoms with Gasteiger partial charge in [-0.1, -0.05) is 36.4 Å². The molecule has 158 valence electrons. The average molecular weight is 407 g/mol. The highest BCUT2D eigenvalue weighted by molar-refractivity contribution is 5.93. The topological polar surface area (TPSA) is 70.3 Å². The standard InChI is InChI=1S/C24H30N4O2/c1-18-19(2)28(12-7-15-30-3)24(22(18)16-25)26-23(29)17-27-13-10-21(11-14-27)20-8-5-4-6-9-20/h4-6,8-10H,7,11-15,17H2,1-3H3,(H,26,29). The van der Waals surface area contributed by atoms with Crippen molar-refractivity contribution in [3.05, 3.63) is 58.8 Å². The third kappa shape index (κ3) is 4.99. The van der Waals surface area contributed by atoms with E-state index in [1.54, 1.807) is 7.11 Å². The van der Waals surface area contributed by atoms with Gasteiger partial charge in [-0.2, -0.15) is 5.26 Å². The zero-order valence-electron chi connectivity index (χ0n) is 18.1. The molecule has 1 aliphatic heterocycles. The number of aromatic nitrogens is 1. The van der Waals surface area contributed by atoms with E-state index in [9.17, 15) is 10.1 Å². The fourth-order valence-electron chi connectivity index (χ4n) is 3.92. The summed E-state index contributed by atoms with van der Waals surface area (Å²) in [6.45, 7) is 7.14. The molecule has 2 aromatic rings. The van der Waals surface area contributed by atoms with Gasteiger partial charge in [0.25, 0.3) is 0 Å². The van der Waals surface area contributed by atoms with E-state index < -0.39 is 0 Å². The smallest absolute Gasteiger partial charge is 0.239 e. The van der Waals surface area contributed by atoms with Crippen LogP contribution in [0.15, 0.2) is 36.4 Å². The highest BCUT2D eigenvalue weighted by Gasteiger charge is 2.21. The predicted molar refractivity (Wildman–Crippen MR) is 119 cm³/mol. The molecule has 3 rings (SSSR count). The highest BCUT2D eigenvalue weighted by atomic mass is 16.5. The number of hydrogen-bond acceptors (Lipinski definition) is 4. The van der Waals surface area contributed by atoms with Gasteiger partial charge in [-0.15, -0.1) is 0 Å². The minimum Gasteiger partial charge on any atom is -0.385 e. The van der Waals surface area contributed by atoms with Gasteiger partial charge in [0, 0.05) is 39.0 Å². The van der Waals surface area contributed by atoms with Gasteiger partial charge in [-0.3, -0.25) is 9.69 Å². The zero-order valence-corrected chi connectivity index (χ0v) is 18.1. The molecule has 1 aromatic heterocycles. The Kier molecular flexibility index (Phi) is 7.45. The molecule has 1 amide bonds. The Hall–Kier alpha value is -2.88. The highest BCUT2D eigenvalue weighted by Crippen LogP contribution is 2.27. The molecule has 2 heterocycles. The molecule has 6 heteroatoms. The number of amides is 1. The SMILES string of the molecule is COCCCn1c(C)c(C)c(C#N)c1NC(=O)CN1CC=C(c2ccccc2)CC1. The average Bonchev–Trinajstić information content (AvgIpc) is 2.98. The molecule has 1 aromatic carbocycles. The second-order valence-corrected chi connectivity index (χ2v) is 7.67. The normalized spacial score (nSPS) is 14.3. The maximum atomic E-state index is 12.8. The summed E-state index contributed by atoms with van der Waals surface area (Å²) < 4.78 is 7.17. The van der Waals surface area contributed by atoms with Gasteiger partial charge < -0.3 is 14.6 Å². The molecule has 6 nitrogen and oxygen atoms in total. The maximum absolute atomic E-state index is 12.8. The second kappa shape index (κ2) is 10.2. The number of nitriles is 1. The molecule has 0 unspecified atom stereocenters. The first-order valence-electron chi connectivity index (χ1n) is 10.4. The summed E-state index contributed by atoms with van der Waals surface area (Å²) in [7, 11) is 1.67. The van der Waals surface area contributed by atoms with E-state index >= 15 is 0 Å². The van der Waals surface area contributed by atoms with Crippen molar-refractivity contribution in [1.82, 2.24) is 9.47 Å². The first-order valence-corrected chi connectivity index (χ1v) is 10.4. The Morgan fingerprint density at radius 1 is 1.27 bits per heavy atom. The molecule has 0 saturated carbocycles. The van der Waals surface area contributed by atoms with Crippen molar-refractivity contribution in [1.29, 1.82) is 5.26 Å². The zero-order chi connectivity index (χ0) is 21.5. The Morgan fingerprint density at radius 2 is 2.03 bits per heavy atom. The van der Waals surface area contributed by atoms with E-state index in [-0.39, 0.29) is 5.91 Å². The molecular weight excluding hydrogens is 376 g/mol. The third-order valence-corrected chi connectivity index (χ3v) is 5.73. The van der Waals surface area contributed by atoms with Crippen LogP contribution in [-0.4, -0.2) is 48.7 Å². The van der Waals surface area contributed by atoms with E-state index in [0.29, 0.717) is 31.1 Å². The lowest BCUT2D eigenvalue weighted by Gasteiger charge is -2.26. The predicted octanol–water partition coefficient (Wildman–Crippen LogP) is 3.74. The largest absolute Gasteiger partial charge is 0.385 e. The van der Waals surface area contributed by atoms with E-state index in [2.05, 4.69) is 46.6 Å². The van der Waals surface area contributed by atoms with Crippen molar-refractivity contribution in [2.75, 3.05) is 38.7 Å². The third-order valence-electron chi connectivity index (χ3n) is 5.73. The number of methoxy groups -OCH3 is 1. The Balaban J connectivity index is 1.66. The van der Waals surface area contributed by atoms with Crippen LogP contribution in [0.25, 0.3) is 5.57 Å². The summed E-state index contributed by atoms with van der Waals surface area (Å²) in [5, 5.41) is 12.6. The van der Waals surface area contributed by atoms with Gasteiger partial charge in [0.15, 0.2) is 0 Å². The summed E-state index contributed by atoms with van der Waals surface area (Å²) in [5.41, 5.74) is 5.05. The van der Waals surface area contributed by atoms with E-state index in [1.807, 2.05) is 24.5 Å². The van der Waals surface area contributed by atoms with Crippen LogP contribution >= 0.6 is 0 Å². The van der Waals surface area contributed by atoms with Crippen LogP contribution < -0.4 is 5.32 Å². The van der Waals surface area contributed by atoms with Gasteiger partial charge in [0.1, 0.15) is 11.9 Å². The quantitative estimate of drug-likeness (QED) is 0.678. The van der Waals surface area contributed by atoms with Crippen molar-refractivity contribution >= 4 is 17.3 Å². The maximum Gasteiger partial charge on any atom is 0.239 e. The molecule has 0 atom stereocenters. The number of nitrogens with zero attached hydrogens (tertiary/aromatic N) is 3. The summed E-state index contributed by atoms with van der Waals surface area (Å²) in [6, 6.07) is 12.6. The fourth-order valence-corrected chi connectivity index (χ4v) is 3.92. The number of nitrogens with one attached hydrogen (secondary N) is 1. The van der Waals surface area contributed by atoms with Crippen molar-refractivity contribution in [3.63, 3.8) is 0 Å². The molecule has 0 spiro atoms. The number of carbonyl (C=O) groups excluding carboxylic acids is 1. The lowest BCUT2D eigenvalue weighted by molar-refractivity contribution is -0.117. The summed E-state index contributed by atoms with van der Waals surface area (Å²) in [6.07, 6.45) is 3.94.